The van der Waals surface area contributed by atoms with Gasteiger partial charge in [-0.1, -0.05) is 41.9 Å². The molecular formula is C12H18BrNO. The molecule has 15 heavy (non-hydrogen) atoms. The predicted octanol–water partition coefficient (Wildman–Crippen LogP) is 2.73. The van der Waals surface area contributed by atoms with Crippen LogP contribution < -0.4 is 5.32 Å². The first-order valence-corrected chi connectivity index (χ1v) is 5.96. The summed E-state index contributed by atoms with van der Waals surface area (Å²) in [5, 5.41) is 13.3. The van der Waals surface area contributed by atoms with Crippen molar-refractivity contribution in [3.05, 3.63) is 34.3 Å². The molecule has 84 valence electrons. The summed E-state index contributed by atoms with van der Waals surface area (Å²) < 4.78 is 1.03. The highest BCUT2D eigenvalue weighted by molar-refractivity contribution is 9.10. The number of halogens is 1. The zero-order chi connectivity index (χ0) is 11.4. The summed E-state index contributed by atoms with van der Waals surface area (Å²) in [5.41, 5.74) is 0.950. The Labute approximate surface area is 99.8 Å². The predicted molar refractivity (Wildman–Crippen MR) is 66.8 cm³/mol. The third kappa shape index (κ3) is 3.30. The molecule has 1 rings (SSSR count). The Morgan fingerprint density at radius 2 is 1.73 bits per heavy atom. The van der Waals surface area contributed by atoms with Crippen molar-refractivity contribution in [2.24, 2.45) is 5.92 Å². The van der Waals surface area contributed by atoms with E-state index >= 15 is 0 Å². The maximum atomic E-state index is 10.2. The lowest BCUT2D eigenvalue weighted by Crippen LogP contribution is -2.36. The molecule has 2 atom stereocenters. The summed E-state index contributed by atoms with van der Waals surface area (Å²) in [5.74, 6) is 0.397. The first kappa shape index (κ1) is 12.7. The zero-order valence-electron chi connectivity index (χ0n) is 9.37. The lowest BCUT2D eigenvalue weighted by Gasteiger charge is -2.26. The Balaban J connectivity index is 2.82. The van der Waals surface area contributed by atoms with Gasteiger partial charge in [-0.05, 0) is 30.7 Å². The quantitative estimate of drug-likeness (QED) is 0.883. The molecule has 0 spiro atoms. The number of nitrogens with one attached hydrogen (secondary N) is 1. The minimum absolute atomic E-state index is 0.0891. The molecule has 0 heterocycles. The Morgan fingerprint density at radius 1 is 1.20 bits per heavy atom. The molecule has 1 aromatic rings. The van der Waals surface area contributed by atoms with Crippen LogP contribution in [0.2, 0.25) is 0 Å². The minimum Gasteiger partial charge on any atom is -0.387 e. The summed E-state index contributed by atoms with van der Waals surface area (Å²) in [6.45, 7) is 4.20. The van der Waals surface area contributed by atoms with E-state index in [4.69, 9.17) is 0 Å². The van der Waals surface area contributed by atoms with Crippen LogP contribution in [0.25, 0.3) is 0 Å². The van der Waals surface area contributed by atoms with E-state index in [0.29, 0.717) is 5.92 Å². The average molecular weight is 272 g/mol. The number of aliphatic hydroxyl groups is 1. The molecule has 1 aromatic carbocycles. The van der Waals surface area contributed by atoms with E-state index < -0.39 is 6.10 Å². The minimum atomic E-state index is -0.455. The normalized spacial score (nSPS) is 15.3. The first-order chi connectivity index (χ1) is 7.06. The SMILES string of the molecule is CNC(C(C)C)C(O)c1ccc(Br)cc1. The molecule has 2 unspecified atom stereocenters. The van der Waals surface area contributed by atoms with Gasteiger partial charge < -0.3 is 10.4 Å². The molecule has 0 saturated carbocycles. The molecule has 0 fully saturated rings. The fourth-order valence-electron chi connectivity index (χ4n) is 1.72. The Morgan fingerprint density at radius 3 is 2.13 bits per heavy atom. The van der Waals surface area contributed by atoms with Crippen LogP contribution in [0.5, 0.6) is 0 Å². The summed E-state index contributed by atoms with van der Waals surface area (Å²) in [6.07, 6.45) is -0.455. The summed E-state index contributed by atoms with van der Waals surface area (Å²) in [7, 11) is 1.88. The number of rotatable bonds is 4. The smallest absolute Gasteiger partial charge is 0.0945 e. The van der Waals surface area contributed by atoms with Crippen LogP contribution in [-0.2, 0) is 0 Å². The Kier molecular flexibility index (Phi) is 4.77. The van der Waals surface area contributed by atoms with E-state index in [1.165, 1.54) is 0 Å². The van der Waals surface area contributed by atoms with Gasteiger partial charge in [0.25, 0.3) is 0 Å². The Hall–Kier alpha value is -0.380. The van der Waals surface area contributed by atoms with Crippen LogP contribution in [0.3, 0.4) is 0 Å². The van der Waals surface area contributed by atoms with E-state index in [-0.39, 0.29) is 6.04 Å². The van der Waals surface area contributed by atoms with Gasteiger partial charge in [-0.3, -0.25) is 0 Å². The van der Waals surface area contributed by atoms with Crippen LogP contribution in [0, 0.1) is 5.92 Å². The zero-order valence-corrected chi connectivity index (χ0v) is 11.0. The first-order valence-electron chi connectivity index (χ1n) is 5.17. The van der Waals surface area contributed by atoms with Crippen molar-refractivity contribution >= 4 is 15.9 Å². The molecule has 0 aliphatic heterocycles. The third-order valence-corrected chi connectivity index (χ3v) is 3.13. The second kappa shape index (κ2) is 5.64. The lowest BCUT2D eigenvalue weighted by atomic mass is 9.94. The van der Waals surface area contributed by atoms with Crippen LogP contribution >= 0.6 is 15.9 Å². The average Bonchev–Trinajstić information content (AvgIpc) is 2.19. The number of hydrogen-bond acceptors (Lipinski definition) is 2. The molecule has 0 saturated heterocycles. The molecule has 0 radical (unpaired) electrons. The fraction of sp³-hybridized carbons (Fsp3) is 0.500. The number of benzene rings is 1. The molecule has 0 amide bonds. The van der Waals surface area contributed by atoms with E-state index in [1.807, 2.05) is 31.3 Å². The van der Waals surface area contributed by atoms with E-state index in [0.717, 1.165) is 10.0 Å². The topological polar surface area (TPSA) is 32.3 Å². The molecule has 0 bridgehead atoms. The largest absolute Gasteiger partial charge is 0.387 e. The van der Waals surface area contributed by atoms with Crippen molar-refractivity contribution in [3.63, 3.8) is 0 Å². The number of aliphatic hydroxyl groups excluding tert-OH is 1. The van der Waals surface area contributed by atoms with Gasteiger partial charge in [0, 0.05) is 10.5 Å². The maximum absolute atomic E-state index is 10.2. The van der Waals surface area contributed by atoms with Crippen LogP contribution in [0.1, 0.15) is 25.5 Å². The molecule has 0 aliphatic carbocycles. The molecule has 0 aromatic heterocycles. The number of likely N-dealkylation sites (N-methyl/N-ethyl adjacent to an activating group) is 1. The van der Waals surface area contributed by atoms with Crippen molar-refractivity contribution in [2.75, 3.05) is 7.05 Å². The molecule has 3 heteroatoms. The van der Waals surface area contributed by atoms with Crippen LogP contribution in [0.15, 0.2) is 28.7 Å². The highest BCUT2D eigenvalue weighted by Crippen LogP contribution is 2.23. The van der Waals surface area contributed by atoms with Crippen molar-refractivity contribution in [1.82, 2.24) is 5.32 Å². The molecule has 0 aliphatic rings. The van der Waals surface area contributed by atoms with Crippen molar-refractivity contribution in [3.8, 4) is 0 Å². The second-order valence-corrected chi connectivity index (χ2v) is 4.97. The summed E-state index contributed by atoms with van der Waals surface area (Å²) in [4.78, 5) is 0. The van der Waals surface area contributed by atoms with Gasteiger partial charge >= 0.3 is 0 Å². The van der Waals surface area contributed by atoms with Crippen molar-refractivity contribution in [1.29, 1.82) is 0 Å². The maximum Gasteiger partial charge on any atom is 0.0945 e. The summed E-state index contributed by atoms with van der Waals surface area (Å²) >= 11 is 3.38. The number of hydrogen-bond donors (Lipinski definition) is 2. The van der Waals surface area contributed by atoms with Gasteiger partial charge in [-0.25, -0.2) is 0 Å². The van der Waals surface area contributed by atoms with Gasteiger partial charge in [0.1, 0.15) is 0 Å². The fourth-order valence-corrected chi connectivity index (χ4v) is 1.99. The van der Waals surface area contributed by atoms with Gasteiger partial charge in [0.2, 0.25) is 0 Å². The van der Waals surface area contributed by atoms with E-state index in [2.05, 4.69) is 35.1 Å². The second-order valence-electron chi connectivity index (χ2n) is 4.05. The van der Waals surface area contributed by atoms with Crippen molar-refractivity contribution in [2.45, 2.75) is 26.0 Å². The van der Waals surface area contributed by atoms with Gasteiger partial charge in [0.15, 0.2) is 0 Å². The highest BCUT2D eigenvalue weighted by atomic mass is 79.9. The highest BCUT2D eigenvalue weighted by Gasteiger charge is 2.21. The van der Waals surface area contributed by atoms with E-state index in [1.54, 1.807) is 0 Å². The third-order valence-electron chi connectivity index (χ3n) is 2.60. The molecule has 2 N–H and O–H groups in total. The molecule has 2 nitrogen and oxygen atoms in total. The lowest BCUT2D eigenvalue weighted by molar-refractivity contribution is 0.110. The van der Waals surface area contributed by atoms with Crippen molar-refractivity contribution < 1.29 is 5.11 Å². The van der Waals surface area contributed by atoms with Gasteiger partial charge in [-0.2, -0.15) is 0 Å². The van der Waals surface area contributed by atoms with E-state index in [9.17, 15) is 5.11 Å². The standard InChI is InChI=1S/C12H18BrNO/c1-8(2)11(14-3)12(15)9-4-6-10(13)7-5-9/h4-8,11-12,14-15H,1-3H3. The van der Waals surface area contributed by atoms with Gasteiger partial charge in [-0.15, -0.1) is 0 Å². The molecular weight excluding hydrogens is 254 g/mol. The van der Waals surface area contributed by atoms with Crippen LogP contribution in [-0.4, -0.2) is 18.2 Å². The van der Waals surface area contributed by atoms with Crippen LogP contribution in [0.4, 0.5) is 0 Å². The van der Waals surface area contributed by atoms with Gasteiger partial charge in [0.05, 0.1) is 6.10 Å². The monoisotopic (exact) mass is 271 g/mol. The Bertz CT molecular complexity index is 297. The summed E-state index contributed by atoms with van der Waals surface area (Å²) in [6, 6.07) is 7.88.